The molecule has 21 heavy (non-hydrogen) atoms. The zero-order valence-electron chi connectivity index (χ0n) is 11.3. The number of nitrogens with zero attached hydrogens (tertiary/aromatic N) is 2. The number of rotatable bonds is 8. The topological polar surface area (TPSA) is 101 Å². The molecule has 0 saturated heterocycles. The number of halogens is 1. The van der Waals surface area contributed by atoms with Gasteiger partial charge in [-0.3, -0.25) is 4.57 Å². The third-order valence-corrected chi connectivity index (χ3v) is 3.16. The summed E-state index contributed by atoms with van der Waals surface area (Å²) in [5.74, 6) is 1.17. The smallest absolute Gasteiger partial charge is 0.352 e. The number of hydrogen-bond acceptors (Lipinski definition) is 7. The molecule has 0 fully saturated rings. The third-order valence-electron chi connectivity index (χ3n) is 2.91. The standard InChI is InChI=1S/C12H17IN4O4/c13-21-19-8-9-2-3-11(20-9)17-7-4-10(16-12(17)18)15-6-1-5-14/h2,4,7,11H,1,3,5-6,8,14H2,(H,15,16,18). The monoisotopic (exact) mass is 408 g/mol. The van der Waals surface area contributed by atoms with E-state index in [4.69, 9.17) is 15.4 Å². The molecule has 0 aromatic carbocycles. The molecule has 2 heterocycles. The van der Waals surface area contributed by atoms with Crippen LogP contribution in [0.1, 0.15) is 19.1 Å². The van der Waals surface area contributed by atoms with Crippen LogP contribution in [-0.4, -0.2) is 29.2 Å². The van der Waals surface area contributed by atoms with Crippen molar-refractivity contribution in [1.82, 2.24) is 9.55 Å². The molecule has 0 spiro atoms. The summed E-state index contributed by atoms with van der Waals surface area (Å²) in [7, 11) is 0. The molecule has 1 atom stereocenters. The highest BCUT2D eigenvalue weighted by Crippen LogP contribution is 2.25. The Hall–Kier alpha value is -1.17. The van der Waals surface area contributed by atoms with E-state index in [1.165, 1.54) is 4.57 Å². The minimum atomic E-state index is -0.393. The second-order valence-corrected chi connectivity index (χ2v) is 4.74. The Morgan fingerprint density at radius 1 is 1.62 bits per heavy atom. The van der Waals surface area contributed by atoms with Crippen LogP contribution in [0.3, 0.4) is 0 Å². The van der Waals surface area contributed by atoms with Crippen molar-refractivity contribution in [3.05, 3.63) is 34.6 Å². The lowest BCUT2D eigenvalue weighted by Gasteiger charge is -2.15. The van der Waals surface area contributed by atoms with Crippen molar-refractivity contribution in [2.24, 2.45) is 5.73 Å². The summed E-state index contributed by atoms with van der Waals surface area (Å²) >= 11 is 1.63. The van der Waals surface area contributed by atoms with Crippen LogP contribution in [0.2, 0.25) is 0 Å². The number of nitrogens with two attached hydrogens (primary N) is 1. The van der Waals surface area contributed by atoms with Crippen LogP contribution in [0.25, 0.3) is 0 Å². The summed E-state index contributed by atoms with van der Waals surface area (Å²) < 4.78 is 11.5. The van der Waals surface area contributed by atoms with Crippen LogP contribution in [0.4, 0.5) is 5.82 Å². The highest BCUT2D eigenvalue weighted by atomic mass is 127. The van der Waals surface area contributed by atoms with Gasteiger partial charge in [-0.05, 0) is 25.1 Å². The number of nitrogens with one attached hydrogen (secondary N) is 1. The van der Waals surface area contributed by atoms with Gasteiger partial charge in [0.25, 0.3) is 0 Å². The van der Waals surface area contributed by atoms with Gasteiger partial charge in [0.15, 0.2) is 29.2 Å². The van der Waals surface area contributed by atoms with Gasteiger partial charge in [0.1, 0.15) is 18.2 Å². The Bertz CT molecular complexity index is 548. The molecule has 0 bridgehead atoms. The SMILES string of the molecule is NCCCNc1ccn(C2CC=C(COOI)O2)c(=O)n1. The van der Waals surface area contributed by atoms with Gasteiger partial charge in [0, 0.05) is 19.2 Å². The van der Waals surface area contributed by atoms with Crippen molar-refractivity contribution >= 4 is 28.8 Å². The average molecular weight is 408 g/mol. The van der Waals surface area contributed by atoms with Gasteiger partial charge in [-0.25, -0.2) is 9.68 Å². The average Bonchev–Trinajstić information content (AvgIpc) is 2.94. The number of aromatic nitrogens is 2. The van der Waals surface area contributed by atoms with E-state index >= 15 is 0 Å². The normalized spacial score (nSPS) is 17.4. The summed E-state index contributed by atoms with van der Waals surface area (Å²) in [6, 6.07) is 1.74. The zero-order valence-corrected chi connectivity index (χ0v) is 13.5. The minimum Gasteiger partial charge on any atom is -0.472 e. The highest BCUT2D eigenvalue weighted by Gasteiger charge is 2.21. The molecule has 0 radical (unpaired) electrons. The maximum absolute atomic E-state index is 12.0. The molecule has 0 saturated carbocycles. The van der Waals surface area contributed by atoms with E-state index in [0.29, 0.717) is 31.1 Å². The van der Waals surface area contributed by atoms with Crippen LogP contribution >= 0.6 is 23.0 Å². The second-order valence-electron chi connectivity index (χ2n) is 4.38. The van der Waals surface area contributed by atoms with Crippen molar-refractivity contribution in [3.8, 4) is 0 Å². The van der Waals surface area contributed by atoms with Crippen molar-refractivity contribution in [1.29, 1.82) is 0 Å². The quantitative estimate of drug-likeness (QED) is 0.288. The van der Waals surface area contributed by atoms with Gasteiger partial charge in [0.2, 0.25) is 0 Å². The van der Waals surface area contributed by atoms with E-state index in [1.54, 1.807) is 35.3 Å². The predicted molar refractivity (Wildman–Crippen MR) is 84.5 cm³/mol. The van der Waals surface area contributed by atoms with Crippen LogP contribution in [0.15, 0.2) is 28.9 Å². The maximum Gasteiger partial charge on any atom is 0.352 e. The summed E-state index contributed by atoms with van der Waals surface area (Å²) in [6.07, 6.45) is 4.54. The molecule has 1 unspecified atom stereocenters. The molecule has 3 N–H and O–H groups in total. The van der Waals surface area contributed by atoms with Crippen LogP contribution in [0.5, 0.6) is 0 Å². The first kappa shape index (κ1) is 16.2. The first-order valence-electron chi connectivity index (χ1n) is 6.53. The fourth-order valence-corrected chi connectivity index (χ4v) is 2.02. The Morgan fingerprint density at radius 2 is 2.48 bits per heavy atom. The van der Waals surface area contributed by atoms with Gasteiger partial charge >= 0.3 is 5.69 Å². The molecule has 2 rings (SSSR count). The zero-order chi connectivity index (χ0) is 15.1. The summed E-state index contributed by atoms with van der Waals surface area (Å²) in [6.45, 7) is 1.49. The highest BCUT2D eigenvalue weighted by molar-refractivity contribution is 14.1. The molecule has 8 nitrogen and oxygen atoms in total. The van der Waals surface area contributed by atoms with Crippen molar-refractivity contribution in [2.75, 3.05) is 25.0 Å². The van der Waals surface area contributed by atoms with Crippen LogP contribution in [0, 0.1) is 0 Å². The molecule has 1 aliphatic heterocycles. The van der Waals surface area contributed by atoms with Gasteiger partial charge in [-0.15, -0.1) is 0 Å². The Balaban J connectivity index is 1.94. The molecule has 1 aliphatic rings. The van der Waals surface area contributed by atoms with E-state index in [1.807, 2.05) is 6.08 Å². The minimum absolute atomic E-state index is 0.209. The van der Waals surface area contributed by atoms with Gasteiger partial charge in [-0.2, -0.15) is 8.20 Å². The van der Waals surface area contributed by atoms with Crippen LogP contribution < -0.4 is 16.7 Å². The second kappa shape index (κ2) is 8.32. The van der Waals surface area contributed by atoms with E-state index in [9.17, 15) is 4.79 Å². The van der Waals surface area contributed by atoms with Crippen molar-refractivity contribution in [3.63, 3.8) is 0 Å². The molecule has 116 valence electrons. The van der Waals surface area contributed by atoms with Gasteiger partial charge in [-0.1, -0.05) is 0 Å². The van der Waals surface area contributed by atoms with Crippen molar-refractivity contribution in [2.45, 2.75) is 19.1 Å². The number of ether oxygens (including phenoxy) is 1. The molecule has 1 aromatic rings. The molecule has 0 aliphatic carbocycles. The lowest BCUT2D eigenvalue weighted by molar-refractivity contribution is -0.166. The molecule has 9 heteroatoms. The first-order valence-corrected chi connectivity index (χ1v) is 7.41. The van der Waals surface area contributed by atoms with E-state index in [0.717, 1.165) is 6.42 Å². The lowest BCUT2D eigenvalue weighted by atomic mass is 10.3. The summed E-state index contributed by atoms with van der Waals surface area (Å²) in [5.41, 5.74) is 5.05. The molecular formula is C12H17IN4O4. The fourth-order valence-electron chi connectivity index (χ4n) is 1.90. The Labute approximate surface area is 135 Å². The molecule has 1 aromatic heterocycles. The maximum atomic E-state index is 12.0. The van der Waals surface area contributed by atoms with E-state index < -0.39 is 6.23 Å². The van der Waals surface area contributed by atoms with Crippen LogP contribution in [-0.2, 0) is 12.8 Å². The third kappa shape index (κ3) is 4.66. The Morgan fingerprint density at radius 3 is 3.19 bits per heavy atom. The molecule has 0 amide bonds. The number of anilines is 1. The fraction of sp³-hybridized carbons (Fsp3) is 0.500. The summed E-state index contributed by atoms with van der Waals surface area (Å²) in [5, 5.41) is 3.05. The predicted octanol–water partition coefficient (Wildman–Crippen LogP) is 1.10. The molecular weight excluding hydrogens is 391 g/mol. The Kier molecular flexibility index (Phi) is 6.42. The first-order chi connectivity index (χ1) is 10.2. The van der Waals surface area contributed by atoms with Gasteiger partial charge < -0.3 is 15.8 Å². The van der Waals surface area contributed by atoms with E-state index in [-0.39, 0.29) is 12.3 Å². The lowest BCUT2D eigenvalue weighted by Crippen LogP contribution is -2.27. The van der Waals surface area contributed by atoms with Crippen molar-refractivity contribution < 1.29 is 12.8 Å². The largest absolute Gasteiger partial charge is 0.472 e. The summed E-state index contributed by atoms with van der Waals surface area (Å²) in [4.78, 5) is 20.8. The van der Waals surface area contributed by atoms with Gasteiger partial charge in [0.05, 0.1) is 0 Å². The van der Waals surface area contributed by atoms with E-state index in [2.05, 4.69) is 13.5 Å². The number of hydrogen-bond donors (Lipinski definition) is 2.